The second kappa shape index (κ2) is 6.51. The minimum absolute atomic E-state index is 0.604. The maximum Gasteiger partial charge on any atom is 0.0181 e. The van der Waals surface area contributed by atoms with Gasteiger partial charge in [-0.3, -0.25) is 4.21 Å². The van der Waals surface area contributed by atoms with Crippen molar-refractivity contribution in [2.24, 2.45) is 5.92 Å². The fourth-order valence-electron chi connectivity index (χ4n) is 2.02. The summed E-state index contributed by atoms with van der Waals surface area (Å²) in [6.07, 6.45) is 8.99. The Bertz CT molecular complexity index is 158. The van der Waals surface area contributed by atoms with Crippen LogP contribution in [0.15, 0.2) is 0 Å². The van der Waals surface area contributed by atoms with Crippen molar-refractivity contribution in [3.8, 4) is 0 Å². The summed E-state index contributed by atoms with van der Waals surface area (Å²) in [5, 5.41) is 0. The highest BCUT2D eigenvalue weighted by Crippen LogP contribution is 2.26. The van der Waals surface area contributed by atoms with Crippen LogP contribution in [0.5, 0.6) is 0 Å². The number of nitrogens with one attached hydrogen (secondary N) is 1. The lowest BCUT2D eigenvalue weighted by Crippen LogP contribution is -2.18. The van der Waals surface area contributed by atoms with Crippen LogP contribution in [0.2, 0.25) is 0 Å². The van der Waals surface area contributed by atoms with Crippen molar-refractivity contribution in [3.63, 3.8) is 0 Å². The second-order valence-corrected chi connectivity index (χ2v) is 4.53. The van der Waals surface area contributed by atoms with Gasteiger partial charge in [0.1, 0.15) is 0 Å². The van der Waals surface area contributed by atoms with Gasteiger partial charge in [0.2, 0.25) is 0 Å². The van der Waals surface area contributed by atoms with Crippen LogP contribution in [0.3, 0.4) is 0 Å². The van der Waals surface area contributed by atoms with Crippen LogP contribution in [-0.2, 0) is 11.3 Å². The molecule has 1 N–H and O–H groups in total. The zero-order chi connectivity index (χ0) is 9.52. The van der Waals surface area contributed by atoms with Crippen LogP contribution in [0.25, 0.3) is 0 Å². The Kier molecular flexibility index (Phi) is 5.58. The van der Waals surface area contributed by atoms with Crippen molar-refractivity contribution in [3.05, 3.63) is 0 Å². The molecule has 0 saturated heterocycles. The van der Waals surface area contributed by atoms with E-state index in [2.05, 4.69) is 4.72 Å². The molecule has 13 heavy (non-hydrogen) atoms. The molecule has 1 saturated carbocycles. The van der Waals surface area contributed by atoms with E-state index >= 15 is 0 Å². The fourth-order valence-corrected chi connectivity index (χ4v) is 2.33. The molecule has 4 heteroatoms. The third-order valence-corrected chi connectivity index (χ3v) is 3.17. The summed E-state index contributed by atoms with van der Waals surface area (Å²) in [5.74, 6) is 0.857. The van der Waals surface area contributed by atoms with Crippen molar-refractivity contribution in [1.29, 1.82) is 0 Å². The van der Waals surface area contributed by atoms with Crippen molar-refractivity contribution >= 4 is 11.3 Å². The molecule has 0 aromatic carbocycles. The Balaban J connectivity index is 1.95. The van der Waals surface area contributed by atoms with Crippen molar-refractivity contribution in [1.82, 2.24) is 4.72 Å². The number of hydrogen-bond donors (Lipinski definition) is 1. The third-order valence-electron chi connectivity index (χ3n) is 2.73. The lowest BCUT2D eigenvalue weighted by Gasteiger charge is -2.21. The molecule has 0 aromatic heterocycles. The zero-order valence-corrected chi connectivity index (χ0v) is 8.78. The molecule has 1 aliphatic carbocycles. The molecule has 1 rings (SSSR count). The first-order valence-corrected chi connectivity index (χ1v) is 6.19. The van der Waals surface area contributed by atoms with E-state index in [4.69, 9.17) is 0 Å². The van der Waals surface area contributed by atoms with Gasteiger partial charge in [0.05, 0.1) is 0 Å². The van der Waals surface area contributed by atoms with Gasteiger partial charge < -0.3 is 4.55 Å². The summed E-state index contributed by atoms with van der Waals surface area (Å²) in [5.41, 5.74) is 0. The average molecular weight is 204 g/mol. The van der Waals surface area contributed by atoms with Gasteiger partial charge in [0.25, 0.3) is 0 Å². The SMILES string of the molecule is O=S([O-])NCCCC1CCCCC1. The second-order valence-electron chi connectivity index (χ2n) is 3.78. The van der Waals surface area contributed by atoms with Gasteiger partial charge >= 0.3 is 0 Å². The fraction of sp³-hybridized carbons (Fsp3) is 1.00. The Morgan fingerprint density at radius 1 is 1.31 bits per heavy atom. The van der Waals surface area contributed by atoms with Gasteiger partial charge in [0.15, 0.2) is 0 Å². The maximum absolute atomic E-state index is 10.1. The molecule has 0 bridgehead atoms. The van der Waals surface area contributed by atoms with Crippen LogP contribution < -0.4 is 4.72 Å². The highest BCUT2D eigenvalue weighted by Gasteiger charge is 2.12. The van der Waals surface area contributed by atoms with Gasteiger partial charge in [-0.05, 0) is 18.8 Å². The van der Waals surface area contributed by atoms with Gasteiger partial charge in [-0.15, -0.1) is 0 Å². The summed E-state index contributed by atoms with van der Waals surface area (Å²) in [4.78, 5) is 0. The zero-order valence-electron chi connectivity index (χ0n) is 7.96. The molecule has 0 aromatic rings. The van der Waals surface area contributed by atoms with Crippen LogP contribution in [0.4, 0.5) is 0 Å². The van der Waals surface area contributed by atoms with Gasteiger partial charge in [-0.2, -0.15) is 0 Å². The summed E-state index contributed by atoms with van der Waals surface area (Å²) in [7, 11) is 0. The topological polar surface area (TPSA) is 52.2 Å². The molecular weight excluding hydrogens is 186 g/mol. The average Bonchev–Trinajstić information content (AvgIpc) is 2.14. The predicted octanol–water partition coefficient (Wildman–Crippen LogP) is 1.73. The van der Waals surface area contributed by atoms with E-state index in [-0.39, 0.29) is 0 Å². The molecule has 3 nitrogen and oxygen atoms in total. The lowest BCUT2D eigenvalue weighted by molar-refractivity contribution is 0.332. The molecule has 1 aliphatic rings. The standard InChI is InChI=1S/C9H19NO2S/c11-13(12)10-8-4-7-9-5-2-1-3-6-9/h9-10H,1-8H2,(H,11,12)/p-1. The first-order chi connectivity index (χ1) is 6.29. The predicted molar refractivity (Wildman–Crippen MR) is 52.7 cm³/mol. The third kappa shape index (κ3) is 5.39. The maximum atomic E-state index is 10.1. The van der Waals surface area contributed by atoms with Crippen LogP contribution in [0.1, 0.15) is 44.9 Å². The summed E-state index contributed by atoms with van der Waals surface area (Å²) in [6.45, 7) is 0.604. The van der Waals surface area contributed by atoms with Crippen molar-refractivity contribution in [2.75, 3.05) is 6.54 Å². The number of rotatable bonds is 5. The molecule has 78 valence electrons. The van der Waals surface area contributed by atoms with Crippen molar-refractivity contribution in [2.45, 2.75) is 44.9 Å². The monoisotopic (exact) mass is 204 g/mol. The molecule has 1 atom stereocenters. The molecule has 0 heterocycles. The first-order valence-electron chi connectivity index (χ1n) is 5.12. The van der Waals surface area contributed by atoms with E-state index in [0.717, 1.165) is 12.3 Å². The Morgan fingerprint density at radius 3 is 2.62 bits per heavy atom. The Labute approximate surface area is 82.7 Å². The highest BCUT2D eigenvalue weighted by molar-refractivity contribution is 7.77. The highest BCUT2D eigenvalue weighted by atomic mass is 32.2. The van der Waals surface area contributed by atoms with E-state index in [0.29, 0.717) is 6.54 Å². The molecule has 0 radical (unpaired) electrons. The van der Waals surface area contributed by atoms with Gasteiger partial charge in [0, 0.05) is 17.8 Å². The molecule has 0 aliphatic heterocycles. The minimum atomic E-state index is -2.07. The van der Waals surface area contributed by atoms with E-state index in [9.17, 15) is 8.76 Å². The van der Waals surface area contributed by atoms with Gasteiger partial charge in [-0.1, -0.05) is 32.1 Å². The Morgan fingerprint density at radius 2 is 2.00 bits per heavy atom. The van der Waals surface area contributed by atoms with Gasteiger partial charge in [-0.25, -0.2) is 4.72 Å². The summed E-state index contributed by atoms with van der Waals surface area (Å²) < 4.78 is 22.7. The first kappa shape index (κ1) is 11.1. The van der Waals surface area contributed by atoms with Crippen molar-refractivity contribution < 1.29 is 8.76 Å². The summed E-state index contributed by atoms with van der Waals surface area (Å²) >= 11 is -2.07. The normalized spacial score (nSPS) is 21.6. The molecule has 0 spiro atoms. The van der Waals surface area contributed by atoms with E-state index < -0.39 is 11.3 Å². The summed E-state index contributed by atoms with van der Waals surface area (Å²) in [6, 6.07) is 0. The van der Waals surface area contributed by atoms with Crippen LogP contribution >= 0.6 is 0 Å². The minimum Gasteiger partial charge on any atom is -0.760 e. The smallest absolute Gasteiger partial charge is 0.0181 e. The van der Waals surface area contributed by atoms with E-state index in [1.54, 1.807) is 0 Å². The van der Waals surface area contributed by atoms with Crippen LogP contribution in [0, 0.1) is 5.92 Å². The molecule has 1 fully saturated rings. The van der Waals surface area contributed by atoms with E-state index in [1.807, 2.05) is 0 Å². The lowest BCUT2D eigenvalue weighted by atomic mass is 9.86. The molecule has 1 unspecified atom stereocenters. The largest absolute Gasteiger partial charge is 0.760 e. The van der Waals surface area contributed by atoms with Crippen LogP contribution in [-0.4, -0.2) is 15.3 Å². The molecule has 0 amide bonds. The van der Waals surface area contributed by atoms with E-state index in [1.165, 1.54) is 38.5 Å². The Hall–Kier alpha value is 0.0700. The number of hydrogen-bond acceptors (Lipinski definition) is 2. The quantitative estimate of drug-likeness (QED) is 0.547. The molecular formula is C9H18NO2S-.